The van der Waals surface area contributed by atoms with Gasteiger partial charge in [-0.3, -0.25) is 9.69 Å². The van der Waals surface area contributed by atoms with E-state index < -0.39 is 0 Å². The smallest absolute Gasteiger partial charge is 0.276 e. The molecule has 5 rings (SSSR count). The summed E-state index contributed by atoms with van der Waals surface area (Å²) in [6.07, 6.45) is 0. The largest absolute Gasteiger partial charge is 0.497 e. The summed E-state index contributed by atoms with van der Waals surface area (Å²) >= 11 is 0. The molecule has 200 valence electrons. The van der Waals surface area contributed by atoms with Crippen molar-refractivity contribution >= 4 is 17.4 Å². The minimum atomic E-state index is -0.297. The van der Waals surface area contributed by atoms with Crippen LogP contribution in [0.4, 0.5) is 11.5 Å². The van der Waals surface area contributed by atoms with E-state index in [2.05, 4.69) is 61.7 Å². The molecule has 1 fully saturated rings. The van der Waals surface area contributed by atoms with Crippen molar-refractivity contribution in [3.05, 3.63) is 96.2 Å². The summed E-state index contributed by atoms with van der Waals surface area (Å²) in [5.74, 6) is 2.11. The number of nitrogens with one attached hydrogen (secondary N) is 1. The first-order valence-electron chi connectivity index (χ1n) is 13.2. The second-order valence-electron chi connectivity index (χ2n) is 9.34. The van der Waals surface area contributed by atoms with Gasteiger partial charge in [-0.1, -0.05) is 36.4 Å². The Labute approximate surface area is 229 Å². The Balaban J connectivity index is 1.17. The fourth-order valence-electron chi connectivity index (χ4n) is 4.72. The van der Waals surface area contributed by atoms with Crippen molar-refractivity contribution < 1.29 is 14.3 Å². The number of amides is 1. The molecule has 0 spiro atoms. The lowest BCUT2D eigenvalue weighted by Crippen LogP contribution is -2.46. The average Bonchev–Trinajstić information content (AvgIpc) is 2.99. The molecule has 0 bridgehead atoms. The lowest BCUT2D eigenvalue weighted by atomic mass is 9.99. The van der Waals surface area contributed by atoms with Crippen molar-refractivity contribution in [3.8, 4) is 22.6 Å². The van der Waals surface area contributed by atoms with E-state index in [1.807, 2.05) is 25.1 Å². The van der Waals surface area contributed by atoms with Crippen LogP contribution in [0.15, 0.2) is 84.9 Å². The van der Waals surface area contributed by atoms with Gasteiger partial charge in [-0.05, 0) is 72.1 Å². The van der Waals surface area contributed by atoms with E-state index in [-0.39, 0.29) is 11.6 Å². The zero-order valence-corrected chi connectivity index (χ0v) is 22.3. The van der Waals surface area contributed by atoms with Crippen molar-refractivity contribution in [1.29, 1.82) is 0 Å². The van der Waals surface area contributed by atoms with Gasteiger partial charge in [0.2, 0.25) is 0 Å². The van der Waals surface area contributed by atoms with E-state index in [1.165, 1.54) is 16.7 Å². The average molecular weight is 524 g/mol. The van der Waals surface area contributed by atoms with Gasteiger partial charge in [0.25, 0.3) is 5.91 Å². The van der Waals surface area contributed by atoms with Crippen LogP contribution in [-0.4, -0.2) is 60.9 Å². The summed E-state index contributed by atoms with van der Waals surface area (Å²) in [5, 5.41) is 11.4. The highest BCUT2D eigenvalue weighted by Crippen LogP contribution is 2.28. The zero-order chi connectivity index (χ0) is 27.0. The Morgan fingerprint density at radius 2 is 1.67 bits per heavy atom. The summed E-state index contributed by atoms with van der Waals surface area (Å²) in [7, 11) is 1.61. The van der Waals surface area contributed by atoms with Gasteiger partial charge in [-0.25, -0.2) is 0 Å². The van der Waals surface area contributed by atoms with Crippen molar-refractivity contribution in [2.75, 3.05) is 50.1 Å². The Morgan fingerprint density at radius 3 is 2.38 bits per heavy atom. The third kappa shape index (κ3) is 6.53. The normalized spacial score (nSPS) is 13.6. The highest BCUT2D eigenvalue weighted by molar-refractivity contribution is 6.02. The van der Waals surface area contributed by atoms with Crippen LogP contribution in [0.2, 0.25) is 0 Å². The molecule has 0 radical (unpaired) electrons. The Bertz CT molecular complexity index is 1380. The molecule has 0 unspecified atom stereocenters. The molecule has 1 amide bonds. The lowest BCUT2D eigenvalue weighted by Gasteiger charge is -2.35. The molecule has 0 atom stereocenters. The predicted octanol–water partition coefficient (Wildman–Crippen LogP) is 5.13. The second-order valence-corrected chi connectivity index (χ2v) is 9.34. The summed E-state index contributed by atoms with van der Waals surface area (Å²) in [6, 6.07) is 27.6. The summed E-state index contributed by atoms with van der Waals surface area (Å²) < 4.78 is 10.9. The number of ether oxygens (including phenoxy) is 2. The van der Waals surface area contributed by atoms with Gasteiger partial charge in [-0.2, -0.15) is 0 Å². The number of carbonyl (C=O) groups excluding carboxylic acids is 1. The molecule has 0 aliphatic carbocycles. The van der Waals surface area contributed by atoms with Gasteiger partial charge < -0.3 is 19.7 Å². The van der Waals surface area contributed by atoms with Crippen LogP contribution in [-0.2, 0) is 6.54 Å². The minimum absolute atomic E-state index is 0.276. The molecule has 1 aliphatic heterocycles. The molecule has 1 aromatic heterocycles. The Kier molecular flexibility index (Phi) is 8.33. The number of nitrogens with zero attached hydrogens (tertiary/aromatic N) is 4. The molecular weight excluding hydrogens is 490 g/mol. The third-order valence-electron chi connectivity index (χ3n) is 6.79. The molecule has 2 heterocycles. The number of rotatable bonds is 9. The van der Waals surface area contributed by atoms with Gasteiger partial charge in [-0.15, -0.1) is 10.2 Å². The fourth-order valence-corrected chi connectivity index (χ4v) is 4.72. The first kappa shape index (κ1) is 26.2. The minimum Gasteiger partial charge on any atom is -0.497 e. The van der Waals surface area contributed by atoms with Crippen LogP contribution in [0.3, 0.4) is 0 Å². The molecule has 1 aliphatic rings. The summed E-state index contributed by atoms with van der Waals surface area (Å²) in [6.45, 7) is 7.03. The summed E-state index contributed by atoms with van der Waals surface area (Å²) in [5.41, 5.74) is 4.65. The first-order chi connectivity index (χ1) is 19.1. The molecule has 39 heavy (non-hydrogen) atoms. The number of carbonyl (C=O) groups is 1. The third-order valence-corrected chi connectivity index (χ3v) is 6.79. The van der Waals surface area contributed by atoms with Crippen LogP contribution >= 0.6 is 0 Å². The maximum absolute atomic E-state index is 12.6. The highest BCUT2D eigenvalue weighted by Gasteiger charge is 2.20. The van der Waals surface area contributed by atoms with Gasteiger partial charge in [0.05, 0.1) is 13.7 Å². The van der Waals surface area contributed by atoms with Gasteiger partial charge in [0.1, 0.15) is 11.5 Å². The van der Waals surface area contributed by atoms with E-state index >= 15 is 0 Å². The first-order valence-corrected chi connectivity index (χ1v) is 13.2. The number of piperazine rings is 1. The van der Waals surface area contributed by atoms with E-state index in [4.69, 9.17) is 9.47 Å². The monoisotopic (exact) mass is 523 g/mol. The van der Waals surface area contributed by atoms with E-state index in [9.17, 15) is 4.79 Å². The molecule has 4 aromatic rings. The number of anilines is 2. The SMILES string of the molecule is CCOc1cccc(-c2ccccc2CN2CCN(c3ccc(C(=O)Nc4ccc(OC)cc4)nn3)CC2)c1. The number of hydrogen-bond acceptors (Lipinski definition) is 7. The van der Waals surface area contributed by atoms with E-state index in [0.29, 0.717) is 12.3 Å². The number of benzene rings is 3. The van der Waals surface area contributed by atoms with Gasteiger partial charge in [0.15, 0.2) is 11.5 Å². The van der Waals surface area contributed by atoms with E-state index in [1.54, 1.807) is 37.4 Å². The van der Waals surface area contributed by atoms with Crippen LogP contribution in [0, 0.1) is 0 Å². The number of methoxy groups -OCH3 is 1. The predicted molar refractivity (Wildman–Crippen MR) is 154 cm³/mol. The van der Waals surface area contributed by atoms with E-state index in [0.717, 1.165) is 50.0 Å². The molecule has 0 saturated carbocycles. The molecule has 3 aromatic carbocycles. The summed E-state index contributed by atoms with van der Waals surface area (Å²) in [4.78, 5) is 17.3. The van der Waals surface area contributed by atoms with Crippen molar-refractivity contribution in [3.63, 3.8) is 0 Å². The lowest BCUT2D eigenvalue weighted by molar-refractivity contribution is 0.102. The Morgan fingerprint density at radius 1 is 0.872 bits per heavy atom. The Hall–Kier alpha value is -4.43. The molecular formula is C31H33N5O3. The van der Waals surface area contributed by atoms with Crippen molar-refractivity contribution in [2.24, 2.45) is 0 Å². The quantitative estimate of drug-likeness (QED) is 0.326. The van der Waals surface area contributed by atoms with Crippen LogP contribution < -0.4 is 19.7 Å². The molecule has 1 N–H and O–H groups in total. The van der Waals surface area contributed by atoms with Crippen LogP contribution in [0.1, 0.15) is 23.0 Å². The van der Waals surface area contributed by atoms with Gasteiger partial charge >= 0.3 is 0 Å². The maximum atomic E-state index is 12.6. The molecule has 1 saturated heterocycles. The number of hydrogen-bond donors (Lipinski definition) is 1. The van der Waals surface area contributed by atoms with Crippen molar-refractivity contribution in [1.82, 2.24) is 15.1 Å². The zero-order valence-electron chi connectivity index (χ0n) is 22.3. The van der Waals surface area contributed by atoms with Crippen molar-refractivity contribution in [2.45, 2.75) is 13.5 Å². The van der Waals surface area contributed by atoms with Crippen LogP contribution in [0.5, 0.6) is 11.5 Å². The van der Waals surface area contributed by atoms with Crippen LogP contribution in [0.25, 0.3) is 11.1 Å². The topological polar surface area (TPSA) is 79.8 Å². The second kappa shape index (κ2) is 12.4. The fraction of sp³-hybridized carbons (Fsp3) is 0.258. The molecule has 8 nitrogen and oxygen atoms in total. The molecule has 8 heteroatoms. The number of aromatic nitrogens is 2. The maximum Gasteiger partial charge on any atom is 0.276 e. The van der Waals surface area contributed by atoms with Gasteiger partial charge in [0, 0.05) is 38.4 Å². The standard InChI is InChI=1S/C31H33N5O3/c1-3-39-27-9-6-8-23(21-27)28-10-5-4-7-24(28)22-35-17-19-36(20-18-35)30-16-15-29(33-34-30)31(37)32-25-11-13-26(38-2)14-12-25/h4-16,21H,3,17-20,22H2,1-2H3,(H,32,37). The highest BCUT2D eigenvalue weighted by atomic mass is 16.5.